The van der Waals surface area contributed by atoms with Gasteiger partial charge in [-0.25, -0.2) is 14.0 Å². The second-order valence-electron chi connectivity index (χ2n) is 12.3. The van der Waals surface area contributed by atoms with Crippen molar-refractivity contribution in [2.45, 2.75) is 44.7 Å². The first-order valence-electron chi connectivity index (χ1n) is 16.6. The van der Waals surface area contributed by atoms with Gasteiger partial charge < -0.3 is 24.0 Å². The van der Waals surface area contributed by atoms with E-state index in [0.717, 1.165) is 55.2 Å². The Balaban J connectivity index is 0.956. The van der Waals surface area contributed by atoms with Crippen LogP contribution in [0.2, 0.25) is 0 Å². The van der Waals surface area contributed by atoms with Crippen molar-refractivity contribution in [3.8, 4) is 17.5 Å². The van der Waals surface area contributed by atoms with Gasteiger partial charge >= 0.3 is 5.69 Å². The summed E-state index contributed by atoms with van der Waals surface area (Å²) in [5.41, 5.74) is 4.07. The zero-order valence-corrected chi connectivity index (χ0v) is 27.6. The Labute approximate surface area is 284 Å². The van der Waals surface area contributed by atoms with Crippen molar-refractivity contribution in [1.29, 1.82) is 5.26 Å². The number of nitriles is 1. The third-order valence-corrected chi connectivity index (χ3v) is 9.23. The summed E-state index contributed by atoms with van der Waals surface area (Å²) in [6, 6.07) is 25.8. The second-order valence-corrected chi connectivity index (χ2v) is 12.3. The molecule has 3 atom stereocenters. The van der Waals surface area contributed by atoms with Crippen LogP contribution in [-0.2, 0) is 21.8 Å². The number of piperazine rings is 1. The molecule has 13 nitrogen and oxygen atoms in total. The van der Waals surface area contributed by atoms with Crippen LogP contribution in [0.4, 0.5) is 11.4 Å². The van der Waals surface area contributed by atoms with E-state index >= 15 is 0 Å². The maximum atomic E-state index is 12.8. The SMILES string of the molecule is CCC(C)n1ncn(-c2ccc(N3CCN(c4ccc(OC[C@@H]5CO[C@@](Cn6nccn6)(c6ccccc6)O5)cc4C#N)CC3)cc2)c1=O. The normalized spacial score (nSPS) is 19.9. The van der Waals surface area contributed by atoms with Crippen LogP contribution in [0.3, 0.4) is 0 Å². The van der Waals surface area contributed by atoms with Gasteiger partial charge in [0.2, 0.25) is 5.79 Å². The van der Waals surface area contributed by atoms with E-state index in [1.807, 2.05) is 80.6 Å². The predicted molar refractivity (Wildman–Crippen MR) is 183 cm³/mol. The summed E-state index contributed by atoms with van der Waals surface area (Å²) in [5.74, 6) is -0.431. The van der Waals surface area contributed by atoms with Crippen LogP contribution < -0.4 is 20.2 Å². The highest BCUT2D eigenvalue weighted by atomic mass is 16.8. The van der Waals surface area contributed by atoms with E-state index in [1.54, 1.807) is 34.2 Å². The first kappa shape index (κ1) is 32.1. The lowest BCUT2D eigenvalue weighted by Gasteiger charge is -2.37. The summed E-state index contributed by atoms with van der Waals surface area (Å²) in [6.45, 7) is 8.05. The number of rotatable bonds is 11. The molecule has 3 aromatic carbocycles. The van der Waals surface area contributed by atoms with E-state index in [9.17, 15) is 10.1 Å². The lowest BCUT2D eigenvalue weighted by atomic mass is 10.1. The maximum absolute atomic E-state index is 12.8. The molecule has 2 aromatic heterocycles. The monoisotopic (exact) mass is 661 g/mol. The van der Waals surface area contributed by atoms with Crippen molar-refractivity contribution in [3.05, 3.63) is 113 Å². The van der Waals surface area contributed by atoms with Gasteiger partial charge in [-0.2, -0.15) is 25.4 Å². The highest BCUT2D eigenvalue weighted by Gasteiger charge is 2.44. The minimum Gasteiger partial charge on any atom is -0.491 e. The molecule has 7 rings (SSSR count). The van der Waals surface area contributed by atoms with Gasteiger partial charge in [0.1, 0.15) is 37.4 Å². The molecular formula is C36H39N9O4. The number of hydrogen-bond donors (Lipinski definition) is 0. The van der Waals surface area contributed by atoms with Gasteiger partial charge in [-0.3, -0.25) is 0 Å². The minimum absolute atomic E-state index is 0.0504. The molecule has 0 amide bonds. The number of aromatic nitrogens is 6. The second kappa shape index (κ2) is 14.0. The molecule has 0 saturated carbocycles. The van der Waals surface area contributed by atoms with Gasteiger partial charge in [-0.05, 0) is 55.8 Å². The van der Waals surface area contributed by atoms with Crippen molar-refractivity contribution in [2.24, 2.45) is 0 Å². The Morgan fingerprint density at radius 1 is 0.959 bits per heavy atom. The maximum Gasteiger partial charge on any atom is 0.350 e. The fourth-order valence-electron chi connectivity index (χ4n) is 6.33. The van der Waals surface area contributed by atoms with Crippen LogP contribution in [0.5, 0.6) is 5.75 Å². The highest BCUT2D eigenvalue weighted by Crippen LogP contribution is 2.36. The first-order valence-corrected chi connectivity index (χ1v) is 16.6. The van der Waals surface area contributed by atoms with Crippen molar-refractivity contribution < 1.29 is 14.2 Å². The van der Waals surface area contributed by atoms with E-state index in [0.29, 0.717) is 24.5 Å². The smallest absolute Gasteiger partial charge is 0.350 e. The summed E-state index contributed by atoms with van der Waals surface area (Å²) >= 11 is 0. The number of hydrogen-bond acceptors (Lipinski definition) is 10. The Morgan fingerprint density at radius 2 is 1.67 bits per heavy atom. The van der Waals surface area contributed by atoms with Crippen LogP contribution in [-0.4, -0.2) is 74.8 Å². The summed E-state index contributed by atoms with van der Waals surface area (Å²) in [6.07, 6.45) is 5.35. The van der Waals surface area contributed by atoms with Crippen LogP contribution in [0, 0.1) is 11.3 Å². The van der Waals surface area contributed by atoms with Gasteiger partial charge in [0.15, 0.2) is 0 Å². The van der Waals surface area contributed by atoms with Gasteiger partial charge in [0.05, 0.1) is 42.0 Å². The third kappa shape index (κ3) is 6.65. The fraction of sp³-hybridized carbons (Fsp3) is 0.361. The standard InChI is InChI=1S/C36H39N9O4/c1-3-27(2)45-35(46)43(26-40-45)31-11-9-30(10-12-31)41-17-19-42(20-18-41)34-14-13-32(21-28(34)22-37)47-23-33-24-48-36(49-33,25-44-38-15-16-39-44)29-7-5-4-6-8-29/h4-16,21,26-27,33H,3,17-20,23-25H2,1-2H3/t27?,33-,36-/m1/s1. The van der Waals surface area contributed by atoms with Crippen molar-refractivity contribution in [2.75, 3.05) is 49.2 Å². The average Bonchev–Trinajstić information content (AvgIpc) is 3.92. The number of ether oxygens (including phenoxy) is 3. The lowest BCUT2D eigenvalue weighted by Crippen LogP contribution is -2.46. The van der Waals surface area contributed by atoms with E-state index in [2.05, 4.69) is 31.2 Å². The lowest BCUT2D eigenvalue weighted by molar-refractivity contribution is -0.192. The molecule has 0 aliphatic carbocycles. The van der Waals surface area contributed by atoms with Crippen LogP contribution in [0.1, 0.15) is 37.4 Å². The summed E-state index contributed by atoms with van der Waals surface area (Å²) in [5, 5.41) is 22.8. The van der Waals surface area contributed by atoms with Crippen LogP contribution in [0.25, 0.3) is 5.69 Å². The zero-order valence-electron chi connectivity index (χ0n) is 27.6. The summed E-state index contributed by atoms with van der Waals surface area (Å²) in [7, 11) is 0. The Kier molecular flexibility index (Phi) is 9.15. The third-order valence-electron chi connectivity index (χ3n) is 9.23. The topological polar surface area (TPSA) is 128 Å². The molecule has 0 spiro atoms. The molecule has 2 aliphatic heterocycles. The Hall–Kier alpha value is -5.45. The Morgan fingerprint density at radius 3 is 2.39 bits per heavy atom. The molecule has 0 bridgehead atoms. The van der Waals surface area contributed by atoms with E-state index in [1.165, 1.54) is 4.68 Å². The number of benzene rings is 3. The molecule has 0 radical (unpaired) electrons. The largest absolute Gasteiger partial charge is 0.491 e. The summed E-state index contributed by atoms with van der Waals surface area (Å²) in [4.78, 5) is 18.9. The van der Waals surface area contributed by atoms with Crippen LogP contribution in [0.15, 0.2) is 96.3 Å². The van der Waals surface area contributed by atoms with Gasteiger partial charge in [0.25, 0.3) is 0 Å². The van der Waals surface area contributed by atoms with Crippen molar-refractivity contribution in [3.63, 3.8) is 0 Å². The van der Waals surface area contributed by atoms with Gasteiger partial charge in [-0.1, -0.05) is 37.3 Å². The highest BCUT2D eigenvalue weighted by molar-refractivity contribution is 5.63. The molecule has 2 aliphatic rings. The Bertz CT molecular complexity index is 1940. The van der Waals surface area contributed by atoms with Gasteiger partial charge in [0, 0.05) is 37.4 Å². The molecule has 5 aromatic rings. The molecule has 13 heteroatoms. The van der Waals surface area contributed by atoms with Crippen LogP contribution >= 0.6 is 0 Å². The fourth-order valence-corrected chi connectivity index (χ4v) is 6.33. The first-order chi connectivity index (χ1) is 24.0. The van der Waals surface area contributed by atoms with Crippen molar-refractivity contribution in [1.82, 2.24) is 29.3 Å². The quantitative estimate of drug-likeness (QED) is 0.204. The molecule has 49 heavy (non-hydrogen) atoms. The minimum atomic E-state index is -1.03. The van der Waals surface area contributed by atoms with E-state index in [4.69, 9.17) is 14.2 Å². The molecule has 4 heterocycles. The number of nitrogens with zero attached hydrogens (tertiary/aromatic N) is 9. The average molecular weight is 662 g/mol. The van der Waals surface area contributed by atoms with Crippen molar-refractivity contribution >= 4 is 11.4 Å². The molecule has 0 N–H and O–H groups in total. The van der Waals surface area contributed by atoms with E-state index < -0.39 is 5.79 Å². The number of anilines is 2. The van der Waals surface area contributed by atoms with E-state index in [-0.39, 0.29) is 24.4 Å². The molecule has 2 fully saturated rings. The zero-order chi connectivity index (χ0) is 33.8. The predicted octanol–water partition coefficient (Wildman–Crippen LogP) is 4.14. The molecule has 2 saturated heterocycles. The molecule has 1 unspecified atom stereocenters. The van der Waals surface area contributed by atoms with Gasteiger partial charge in [-0.15, -0.1) is 0 Å². The summed E-state index contributed by atoms with van der Waals surface area (Å²) < 4.78 is 21.9. The molecular weight excluding hydrogens is 622 g/mol. The molecule has 252 valence electrons.